The number of hydrogen-bond donors (Lipinski definition) is 0. The van der Waals surface area contributed by atoms with Gasteiger partial charge in [0, 0.05) is 29.2 Å². The molecule has 2 aromatic carbocycles. The van der Waals surface area contributed by atoms with Crippen LogP contribution in [0.1, 0.15) is 34.3 Å². The standard InChI is InChI=1S/C20H21ClN2O2/c1-14-9-15(2)11-16(10-14)20(25)23(13-22-8-4-7-19(22)24)18-6-3-5-17(21)12-18/h3,5-6,9-12H,4,7-8,13H2,1-2H3. The van der Waals surface area contributed by atoms with Crippen molar-refractivity contribution in [1.82, 2.24) is 4.90 Å². The molecule has 130 valence electrons. The van der Waals surface area contributed by atoms with Crippen LogP contribution < -0.4 is 4.90 Å². The van der Waals surface area contributed by atoms with Crippen molar-refractivity contribution in [1.29, 1.82) is 0 Å². The highest BCUT2D eigenvalue weighted by Gasteiger charge is 2.26. The van der Waals surface area contributed by atoms with E-state index in [9.17, 15) is 9.59 Å². The molecule has 0 saturated carbocycles. The highest BCUT2D eigenvalue weighted by molar-refractivity contribution is 6.31. The first kappa shape index (κ1) is 17.5. The van der Waals surface area contributed by atoms with Gasteiger partial charge >= 0.3 is 0 Å². The van der Waals surface area contributed by atoms with Crippen molar-refractivity contribution in [2.75, 3.05) is 18.1 Å². The Morgan fingerprint density at radius 3 is 2.48 bits per heavy atom. The summed E-state index contributed by atoms with van der Waals surface area (Å²) in [5.74, 6) is -0.0472. The summed E-state index contributed by atoms with van der Waals surface area (Å²) in [4.78, 5) is 28.6. The summed E-state index contributed by atoms with van der Waals surface area (Å²) in [6.45, 7) is 4.86. The zero-order valence-corrected chi connectivity index (χ0v) is 15.2. The fraction of sp³-hybridized carbons (Fsp3) is 0.300. The van der Waals surface area contributed by atoms with E-state index < -0.39 is 0 Å². The summed E-state index contributed by atoms with van der Waals surface area (Å²) in [5, 5.41) is 0.559. The van der Waals surface area contributed by atoms with Crippen LogP contribution in [0.25, 0.3) is 0 Å². The second-order valence-electron chi connectivity index (χ2n) is 6.49. The molecule has 1 fully saturated rings. The molecule has 25 heavy (non-hydrogen) atoms. The van der Waals surface area contributed by atoms with Crippen molar-refractivity contribution in [3.63, 3.8) is 0 Å². The largest absolute Gasteiger partial charge is 0.324 e. The minimum absolute atomic E-state index is 0.0836. The van der Waals surface area contributed by atoms with Gasteiger partial charge in [0.25, 0.3) is 5.91 Å². The molecule has 1 saturated heterocycles. The fourth-order valence-corrected chi connectivity index (χ4v) is 3.37. The van der Waals surface area contributed by atoms with Crippen LogP contribution in [0.3, 0.4) is 0 Å². The van der Waals surface area contributed by atoms with Crippen LogP contribution >= 0.6 is 11.6 Å². The Bertz CT molecular complexity index is 799. The summed E-state index contributed by atoms with van der Waals surface area (Å²) in [5.41, 5.74) is 3.37. The van der Waals surface area contributed by atoms with Gasteiger partial charge in [-0.15, -0.1) is 0 Å². The first-order valence-corrected chi connectivity index (χ1v) is 8.75. The van der Waals surface area contributed by atoms with E-state index in [1.54, 1.807) is 21.9 Å². The quantitative estimate of drug-likeness (QED) is 0.824. The van der Waals surface area contributed by atoms with Crippen molar-refractivity contribution in [3.05, 3.63) is 64.2 Å². The molecule has 1 aliphatic heterocycles. The van der Waals surface area contributed by atoms with E-state index in [0.29, 0.717) is 29.2 Å². The van der Waals surface area contributed by atoms with E-state index in [0.717, 1.165) is 17.5 Å². The number of nitrogens with zero attached hydrogens (tertiary/aromatic N) is 2. The monoisotopic (exact) mass is 356 g/mol. The first-order chi connectivity index (χ1) is 11.9. The Morgan fingerprint density at radius 2 is 1.88 bits per heavy atom. The van der Waals surface area contributed by atoms with Crippen molar-refractivity contribution in [3.8, 4) is 0 Å². The predicted molar refractivity (Wildman–Crippen MR) is 100.0 cm³/mol. The number of likely N-dealkylation sites (tertiary alicyclic amines) is 1. The van der Waals surface area contributed by atoms with Crippen LogP contribution in [-0.2, 0) is 4.79 Å². The van der Waals surface area contributed by atoms with Crippen LogP contribution in [0.2, 0.25) is 5.02 Å². The minimum atomic E-state index is -0.131. The Labute approximate surface area is 153 Å². The van der Waals surface area contributed by atoms with Gasteiger partial charge in [0.05, 0.1) is 0 Å². The number of amides is 2. The highest BCUT2D eigenvalue weighted by atomic mass is 35.5. The van der Waals surface area contributed by atoms with E-state index in [1.165, 1.54) is 0 Å². The molecule has 2 amide bonds. The van der Waals surface area contributed by atoms with Gasteiger partial charge in [0.15, 0.2) is 0 Å². The van der Waals surface area contributed by atoms with E-state index in [2.05, 4.69) is 0 Å². The molecule has 0 aromatic heterocycles. The molecule has 1 heterocycles. The summed E-state index contributed by atoms with van der Waals surface area (Å²) in [6, 6.07) is 13.0. The van der Waals surface area contributed by atoms with E-state index >= 15 is 0 Å². The summed E-state index contributed by atoms with van der Waals surface area (Å²) in [6.07, 6.45) is 1.38. The van der Waals surface area contributed by atoms with Crippen molar-refractivity contribution >= 4 is 29.1 Å². The molecular formula is C20H21ClN2O2. The van der Waals surface area contributed by atoms with Crippen LogP contribution in [0.15, 0.2) is 42.5 Å². The molecule has 0 bridgehead atoms. The molecule has 0 aliphatic carbocycles. The molecule has 1 aliphatic rings. The van der Waals surface area contributed by atoms with Crippen molar-refractivity contribution in [2.45, 2.75) is 26.7 Å². The average Bonchev–Trinajstić information content (AvgIpc) is 2.96. The number of halogens is 1. The lowest BCUT2D eigenvalue weighted by Gasteiger charge is -2.28. The minimum Gasteiger partial charge on any atom is -0.324 e. The lowest BCUT2D eigenvalue weighted by atomic mass is 10.1. The second-order valence-corrected chi connectivity index (χ2v) is 6.93. The number of carbonyl (C=O) groups is 2. The normalized spacial score (nSPS) is 14.0. The Morgan fingerprint density at radius 1 is 1.16 bits per heavy atom. The van der Waals surface area contributed by atoms with Gasteiger partial charge in [0.1, 0.15) is 6.67 Å². The van der Waals surface area contributed by atoms with Gasteiger partial charge < -0.3 is 4.90 Å². The SMILES string of the molecule is Cc1cc(C)cc(C(=O)N(CN2CCCC2=O)c2cccc(Cl)c2)c1. The lowest BCUT2D eigenvalue weighted by molar-refractivity contribution is -0.127. The van der Waals surface area contributed by atoms with Crippen LogP contribution in [0.4, 0.5) is 5.69 Å². The van der Waals surface area contributed by atoms with Gasteiger partial charge in [-0.2, -0.15) is 0 Å². The average molecular weight is 357 g/mol. The van der Waals surface area contributed by atoms with E-state index in [4.69, 9.17) is 11.6 Å². The molecule has 5 heteroatoms. The zero-order chi connectivity index (χ0) is 18.0. The van der Waals surface area contributed by atoms with Crippen LogP contribution in [0, 0.1) is 13.8 Å². The third kappa shape index (κ3) is 4.02. The number of benzene rings is 2. The lowest BCUT2D eigenvalue weighted by Crippen LogP contribution is -2.42. The maximum absolute atomic E-state index is 13.2. The van der Waals surface area contributed by atoms with Gasteiger partial charge in [-0.1, -0.05) is 34.9 Å². The summed E-state index contributed by atoms with van der Waals surface area (Å²) >= 11 is 6.12. The fourth-order valence-electron chi connectivity index (χ4n) is 3.19. The summed E-state index contributed by atoms with van der Waals surface area (Å²) in [7, 11) is 0. The maximum atomic E-state index is 13.2. The predicted octanol–water partition coefficient (Wildman–Crippen LogP) is 4.18. The van der Waals surface area contributed by atoms with Gasteiger partial charge in [-0.25, -0.2) is 0 Å². The van der Waals surface area contributed by atoms with Gasteiger partial charge in [-0.3, -0.25) is 14.5 Å². The molecule has 4 nitrogen and oxygen atoms in total. The first-order valence-electron chi connectivity index (χ1n) is 8.37. The molecule has 0 spiro atoms. The molecular weight excluding hydrogens is 336 g/mol. The number of aryl methyl sites for hydroxylation is 2. The van der Waals surface area contributed by atoms with E-state index in [1.807, 2.05) is 44.2 Å². The van der Waals surface area contributed by atoms with Gasteiger partial charge in [0.2, 0.25) is 5.91 Å². The molecule has 0 radical (unpaired) electrons. The summed E-state index contributed by atoms with van der Waals surface area (Å²) < 4.78 is 0. The Kier molecular flexibility index (Phi) is 5.09. The number of hydrogen-bond acceptors (Lipinski definition) is 2. The molecule has 0 N–H and O–H groups in total. The zero-order valence-electron chi connectivity index (χ0n) is 14.5. The van der Waals surface area contributed by atoms with Crippen molar-refractivity contribution < 1.29 is 9.59 Å². The van der Waals surface area contributed by atoms with Crippen LogP contribution in [-0.4, -0.2) is 29.9 Å². The third-order valence-electron chi connectivity index (χ3n) is 4.32. The highest BCUT2D eigenvalue weighted by Crippen LogP contribution is 2.24. The topological polar surface area (TPSA) is 40.6 Å². The Balaban J connectivity index is 1.97. The van der Waals surface area contributed by atoms with Crippen LogP contribution in [0.5, 0.6) is 0 Å². The Hall–Kier alpha value is -2.33. The number of carbonyl (C=O) groups excluding carboxylic acids is 2. The molecule has 3 rings (SSSR count). The number of rotatable bonds is 4. The molecule has 2 aromatic rings. The molecule has 0 atom stereocenters. The van der Waals surface area contributed by atoms with Crippen molar-refractivity contribution in [2.24, 2.45) is 0 Å². The smallest absolute Gasteiger partial charge is 0.259 e. The maximum Gasteiger partial charge on any atom is 0.259 e. The second kappa shape index (κ2) is 7.28. The number of anilines is 1. The third-order valence-corrected chi connectivity index (χ3v) is 4.55. The van der Waals surface area contributed by atoms with Gasteiger partial charge in [-0.05, 0) is 50.6 Å². The molecule has 0 unspecified atom stereocenters. The van der Waals surface area contributed by atoms with E-state index in [-0.39, 0.29) is 18.5 Å².